The molecule has 182 valence electrons. The Balaban J connectivity index is 1.52. The Morgan fingerprint density at radius 2 is 1.80 bits per heavy atom. The van der Waals surface area contributed by atoms with Crippen molar-refractivity contribution in [3.05, 3.63) is 66.1 Å². The van der Waals surface area contributed by atoms with Gasteiger partial charge in [-0.1, -0.05) is 0 Å². The van der Waals surface area contributed by atoms with Crippen LogP contribution in [0.5, 0.6) is 17.4 Å². The van der Waals surface area contributed by atoms with Crippen LogP contribution in [0, 0.1) is 5.82 Å². The molecule has 3 aromatic rings. The Hall–Kier alpha value is -4.09. The van der Waals surface area contributed by atoms with Crippen molar-refractivity contribution in [3.8, 4) is 28.8 Å². The first-order valence-corrected chi connectivity index (χ1v) is 10.8. The highest BCUT2D eigenvalue weighted by Crippen LogP contribution is 2.27. The van der Waals surface area contributed by atoms with Gasteiger partial charge in [0.2, 0.25) is 5.88 Å². The van der Waals surface area contributed by atoms with Crippen LogP contribution < -0.4 is 15.2 Å². The van der Waals surface area contributed by atoms with E-state index in [1.807, 2.05) is 0 Å². The molecule has 4 rings (SSSR count). The summed E-state index contributed by atoms with van der Waals surface area (Å²) in [5.74, 6) is -0.415. The second kappa shape index (κ2) is 10.5. The van der Waals surface area contributed by atoms with Crippen LogP contribution in [-0.4, -0.2) is 68.8 Å². The predicted octanol–water partition coefficient (Wildman–Crippen LogP) is 1.51. The van der Waals surface area contributed by atoms with E-state index in [4.69, 9.17) is 20.3 Å². The molecule has 11 heteroatoms. The van der Waals surface area contributed by atoms with Crippen LogP contribution in [0.25, 0.3) is 11.4 Å². The third kappa shape index (κ3) is 5.89. The average molecular weight is 482 g/mol. The van der Waals surface area contributed by atoms with Crippen LogP contribution in [-0.2, 0) is 4.79 Å². The molecule has 0 unspecified atom stereocenters. The van der Waals surface area contributed by atoms with Gasteiger partial charge in [0.1, 0.15) is 23.0 Å². The van der Waals surface area contributed by atoms with E-state index in [0.717, 1.165) is 0 Å². The number of primary amides is 1. The SMILES string of the molecule is NC(=O)c1cc(O[C@H]2CCN(C[C@H](O)CO)C2=O)nc(-c2ccc(Oc3ccc(F)cc3)cc2)n1. The Kier molecular flexibility index (Phi) is 7.18. The molecule has 0 aliphatic carbocycles. The number of aliphatic hydroxyl groups is 2. The minimum Gasteiger partial charge on any atom is -0.464 e. The second-order valence-corrected chi connectivity index (χ2v) is 7.88. The standard InChI is InChI=1S/C24H23FN4O6/c25-15-3-7-18(8-4-15)34-17-5-1-14(2-6-17)23-27-19(22(26)32)11-21(28-23)35-20-9-10-29(24(20)33)12-16(31)13-30/h1-8,11,16,20,30-31H,9-10,12-13H2,(H2,26,32)/t16-,20-/m0/s1. The van der Waals surface area contributed by atoms with E-state index < -0.39 is 24.7 Å². The Morgan fingerprint density at radius 1 is 1.14 bits per heavy atom. The Labute approximate surface area is 199 Å². The third-order valence-corrected chi connectivity index (χ3v) is 5.27. The number of nitrogens with two attached hydrogens (primary N) is 1. The number of aliphatic hydroxyl groups excluding tert-OH is 2. The van der Waals surface area contributed by atoms with Crippen molar-refractivity contribution in [2.75, 3.05) is 19.7 Å². The van der Waals surface area contributed by atoms with Crippen LogP contribution >= 0.6 is 0 Å². The predicted molar refractivity (Wildman–Crippen MR) is 121 cm³/mol. The summed E-state index contributed by atoms with van der Waals surface area (Å²) in [4.78, 5) is 34.3. The normalized spacial score (nSPS) is 16.3. The number of ether oxygens (including phenoxy) is 2. The number of aromatic nitrogens is 2. The van der Waals surface area contributed by atoms with Crippen molar-refractivity contribution >= 4 is 11.8 Å². The third-order valence-electron chi connectivity index (χ3n) is 5.27. The fourth-order valence-electron chi connectivity index (χ4n) is 3.51. The molecule has 2 atom stereocenters. The zero-order valence-corrected chi connectivity index (χ0v) is 18.5. The van der Waals surface area contributed by atoms with Crippen molar-refractivity contribution in [2.45, 2.75) is 18.6 Å². The van der Waals surface area contributed by atoms with E-state index >= 15 is 0 Å². The molecule has 10 nitrogen and oxygen atoms in total. The molecule has 0 bridgehead atoms. The molecule has 2 aromatic carbocycles. The minimum absolute atomic E-state index is 0.00153. The summed E-state index contributed by atoms with van der Waals surface area (Å²) >= 11 is 0. The zero-order valence-electron chi connectivity index (χ0n) is 18.5. The number of rotatable bonds is 9. The highest BCUT2D eigenvalue weighted by atomic mass is 19.1. The molecule has 0 radical (unpaired) electrons. The van der Waals surface area contributed by atoms with Crippen molar-refractivity contribution in [3.63, 3.8) is 0 Å². The van der Waals surface area contributed by atoms with Gasteiger partial charge in [-0.15, -0.1) is 0 Å². The van der Waals surface area contributed by atoms with E-state index in [-0.39, 0.29) is 35.7 Å². The number of hydrogen-bond donors (Lipinski definition) is 3. The minimum atomic E-state index is -1.04. The fourth-order valence-corrected chi connectivity index (χ4v) is 3.51. The van der Waals surface area contributed by atoms with Gasteiger partial charge in [0.05, 0.1) is 12.7 Å². The number of likely N-dealkylation sites (tertiary alicyclic amines) is 1. The molecule has 1 saturated heterocycles. The first-order valence-electron chi connectivity index (χ1n) is 10.8. The Bertz CT molecular complexity index is 1210. The summed E-state index contributed by atoms with van der Waals surface area (Å²) in [7, 11) is 0. The highest BCUT2D eigenvalue weighted by molar-refractivity contribution is 5.91. The summed E-state index contributed by atoms with van der Waals surface area (Å²) in [5.41, 5.74) is 5.87. The summed E-state index contributed by atoms with van der Waals surface area (Å²) in [6, 6.07) is 13.5. The first-order chi connectivity index (χ1) is 16.8. The Morgan fingerprint density at radius 3 is 2.43 bits per heavy atom. The second-order valence-electron chi connectivity index (χ2n) is 7.88. The summed E-state index contributed by atoms with van der Waals surface area (Å²) in [6.45, 7) is -0.125. The zero-order chi connectivity index (χ0) is 24.9. The number of carbonyl (C=O) groups is 2. The lowest BCUT2D eigenvalue weighted by atomic mass is 10.2. The number of benzene rings is 2. The molecular weight excluding hydrogens is 459 g/mol. The highest BCUT2D eigenvalue weighted by Gasteiger charge is 2.34. The van der Waals surface area contributed by atoms with E-state index in [2.05, 4.69) is 9.97 Å². The van der Waals surface area contributed by atoms with Gasteiger partial charge in [0.15, 0.2) is 11.9 Å². The number of carbonyl (C=O) groups excluding carboxylic acids is 2. The molecule has 2 heterocycles. The van der Waals surface area contributed by atoms with Gasteiger partial charge >= 0.3 is 0 Å². The maximum atomic E-state index is 13.1. The molecule has 1 aliphatic heterocycles. The maximum absolute atomic E-state index is 13.1. The summed E-state index contributed by atoms with van der Waals surface area (Å²) in [6.07, 6.45) is -1.56. The number of nitrogens with zero attached hydrogens (tertiary/aromatic N) is 3. The summed E-state index contributed by atoms with van der Waals surface area (Å²) < 4.78 is 24.5. The molecular formula is C24H23FN4O6. The van der Waals surface area contributed by atoms with Crippen molar-refractivity contribution in [1.29, 1.82) is 0 Å². The van der Waals surface area contributed by atoms with Crippen molar-refractivity contribution in [2.24, 2.45) is 5.73 Å². The van der Waals surface area contributed by atoms with E-state index in [0.29, 0.717) is 30.0 Å². The van der Waals surface area contributed by atoms with E-state index in [1.165, 1.54) is 35.2 Å². The lowest BCUT2D eigenvalue weighted by Crippen LogP contribution is -2.38. The van der Waals surface area contributed by atoms with Gasteiger partial charge in [-0.05, 0) is 48.5 Å². The quantitative estimate of drug-likeness (QED) is 0.416. The van der Waals surface area contributed by atoms with Gasteiger partial charge in [-0.3, -0.25) is 9.59 Å². The molecule has 1 aliphatic rings. The number of β-amino-alcohol motifs (C(OH)–C–C–N with tert-alkyl or cyclic N) is 1. The monoisotopic (exact) mass is 482 g/mol. The molecule has 1 aromatic heterocycles. The van der Waals surface area contributed by atoms with E-state index in [1.54, 1.807) is 24.3 Å². The fraction of sp³-hybridized carbons (Fsp3) is 0.250. The number of halogens is 1. The molecule has 35 heavy (non-hydrogen) atoms. The largest absolute Gasteiger partial charge is 0.464 e. The van der Waals surface area contributed by atoms with Crippen molar-refractivity contribution < 1.29 is 33.7 Å². The van der Waals surface area contributed by atoms with Crippen LogP contribution in [0.3, 0.4) is 0 Å². The lowest BCUT2D eigenvalue weighted by molar-refractivity contribution is -0.134. The van der Waals surface area contributed by atoms with Gasteiger partial charge < -0.3 is 30.3 Å². The lowest BCUT2D eigenvalue weighted by Gasteiger charge is -2.19. The molecule has 0 spiro atoms. The maximum Gasteiger partial charge on any atom is 0.267 e. The van der Waals surface area contributed by atoms with Gasteiger partial charge in [0.25, 0.3) is 11.8 Å². The first kappa shape index (κ1) is 24.0. The molecule has 4 N–H and O–H groups in total. The topological polar surface area (TPSA) is 148 Å². The van der Waals surface area contributed by atoms with Crippen LogP contribution in [0.1, 0.15) is 16.9 Å². The smallest absolute Gasteiger partial charge is 0.267 e. The van der Waals surface area contributed by atoms with Crippen molar-refractivity contribution in [1.82, 2.24) is 14.9 Å². The number of hydrogen-bond acceptors (Lipinski definition) is 8. The van der Waals surface area contributed by atoms with Crippen LogP contribution in [0.2, 0.25) is 0 Å². The van der Waals surface area contributed by atoms with Crippen LogP contribution in [0.4, 0.5) is 4.39 Å². The summed E-state index contributed by atoms with van der Waals surface area (Å²) in [5, 5.41) is 18.6. The van der Waals surface area contributed by atoms with Gasteiger partial charge in [-0.2, -0.15) is 4.98 Å². The van der Waals surface area contributed by atoms with Crippen LogP contribution in [0.15, 0.2) is 54.6 Å². The number of amides is 2. The molecule has 0 saturated carbocycles. The van der Waals surface area contributed by atoms with Gasteiger partial charge in [-0.25, -0.2) is 9.37 Å². The van der Waals surface area contributed by atoms with Gasteiger partial charge in [0, 0.05) is 31.1 Å². The average Bonchev–Trinajstić information content (AvgIpc) is 3.19. The molecule has 2 amide bonds. The molecule has 1 fully saturated rings. The van der Waals surface area contributed by atoms with E-state index in [9.17, 15) is 19.1 Å².